The Morgan fingerprint density at radius 1 is 1.16 bits per heavy atom. The first-order valence-corrected chi connectivity index (χ1v) is 12.1. The van der Waals surface area contributed by atoms with Crippen molar-refractivity contribution in [2.24, 2.45) is 0 Å². The van der Waals surface area contributed by atoms with E-state index in [0.29, 0.717) is 16.3 Å². The topological polar surface area (TPSA) is 96.0 Å². The van der Waals surface area contributed by atoms with Crippen LogP contribution in [0.15, 0.2) is 42.5 Å². The highest BCUT2D eigenvalue weighted by Crippen LogP contribution is 2.30. The molecule has 0 aliphatic rings. The molecule has 1 atom stereocenters. The molecule has 2 aromatic rings. The summed E-state index contributed by atoms with van der Waals surface area (Å²) >= 11 is 12.2. The van der Waals surface area contributed by atoms with E-state index in [0.717, 1.165) is 10.6 Å². The van der Waals surface area contributed by atoms with Crippen LogP contribution in [0.1, 0.15) is 12.5 Å². The molecule has 0 saturated carbocycles. The van der Waals surface area contributed by atoms with Gasteiger partial charge in [-0.25, -0.2) is 8.42 Å². The zero-order valence-corrected chi connectivity index (χ0v) is 20.5. The molecule has 0 aliphatic carbocycles. The Morgan fingerprint density at radius 2 is 1.84 bits per heavy atom. The Kier molecular flexibility index (Phi) is 8.77. The number of halogens is 2. The highest BCUT2D eigenvalue weighted by Gasteiger charge is 2.30. The van der Waals surface area contributed by atoms with Crippen molar-refractivity contribution < 1.29 is 22.7 Å². The lowest BCUT2D eigenvalue weighted by molar-refractivity contribution is -0.139. The second-order valence-electron chi connectivity index (χ2n) is 7.03. The molecule has 0 aliphatic heterocycles. The molecule has 0 saturated heterocycles. The number of carbonyl (C=O) groups excluding carboxylic acids is 2. The van der Waals surface area contributed by atoms with Crippen LogP contribution in [-0.2, 0) is 26.2 Å². The number of benzene rings is 2. The Morgan fingerprint density at radius 3 is 2.38 bits per heavy atom. The van der Waals surface area contributed by atoms with E-state index < -0.39 is 34.4 Å². The van der Waals surface area contributed by atoms with Gasteiger partial charge in [0.2, 0.25) is 21.8 Å². The summed E-state index contributed by atoms with van der Waals surface area (Å²) < 4.78 is 31.0. The lowest BCUT2D eigenvalue weighted by Gasteiger charge is -2.31. The lowest BCUT2D eigenvalue weighted by Crippen LogP contribution is -2.50. The number of sulfonamides is 1. The van der Waals surface area contributed by atoms with Crippen molar-refractivity contribution in [1.29, 1.82) is 0 Å². The molecule has 0 unspecified atom stereocenters. The summed E-state index contributed by atoms with van der Waals surface area (Å²) in [4.78, 5) is 26.9. The molecule has 0 bridgehead atoms. The molecule has 0 heterocycles. The lowest BCUT2D eigenvalue weighted by atomic mass is 10.1. The number of rotatable bonds is 9. The molecule has 11 heteroatoms. The van der Waals surface area contributed by atoms with Crippen molar-refractivity contribution in [3.63, 3.8) is 0 Å². The van der Waals surface area contributed by atoms with Crippen LogP contribution in [0.5, 0.6) is 5.75 Å². The third kappa shape index (κ3) is 6.51. The first kappa shape index (κ1) is 25.8. The van der Waals surface area contributed by atoms with Gasteiger partial charge in [0.15, 0.2) is 0 Å². The van der Waals surface area contributed by atoms with Crippen LogP contribution in [0.25, 0.3) is 0 Å². The van der Waals surface area contributed by atoms with Crippen molar-refractivity contribution in [1.82, 2.24) is 10.2 Å². The molecule has 0 radical (unpaired) electrons. The monoisotopic (exact) mass is 501 g/mol. The summed E-state index contributed by atoms with van der Waals surface area (Å²) in [6.07, 6.45) is 0.988. The minimum Gasteiger partial charge on any atom is -0.495 e. The SMILES string of the molecule is CNC(=O)[C@@H](C)N(Cc1cccc(Cl)c1)C(=O)CN(c1ccc(OC)c(Cl)c1)S(C)(=O)=O. The number of likely N-dealkylation sites (N-methyl/N-ethyl adjacent to an activating group) is 1. The number of methoxy groups -OCH3 is 1. The minimum absolute atomic E-state index is 0.0644. The fourth-order valence-corrected chi connectivity index (χ4v) is 4.35. The molecule has 1 N–H and O–H groups in total. The Hall–Kier alpha value is -2.49. The summed E-state index contributed by atoms with van der Waals surface area (Å²) in [5.41, 5.74) is 0.891. The zero-order valence-electron chi connectivity index (χ0n) is 18.1. The van der Waals surface area contributed by atoms with Gasteiger partial charge in [0, 0.05) is 18.6 Å². The first-order chi connectivity index (χ1) is 15.0. The summed E-state index contributed by atoms with van der Waals surface area (Å²) in [5, 5.41) is 3.19. The molecule has 0 spiro atoms. The normalized spacial score (nSPS) is 12.1. The molecular weight excluding hydrogens is 477 g/mol. The Bertz CT molecular complexity index is 1090. The van der Waals surface area contributed by atoms with Crippen molar-refractivity contribution in [2.45, 2.75) is 19.5 Å². The number of ether oxygens (including phenoxy) is 1. The average Bonchev–Trinajstić information content (AvgIpc) is 2.73. The summed E-state index contributed by atoms with van der Waals surface area (Å²) in [6.45, 7) is 1.11. The van der Waals surface area contributed by atoms with Crippen LogP contribution in [-0.4, -0.2) is 58.1 Å². The van der Waals surface area contributed by atoms with Gasteiger partial charge in [0.1, 0.15) is 18.3 Å². The van der Waals surface area contributed by atoms with Crippen LogP contribution in [0, 0.1) is 0 Å². The maximum absolute atomic E-state index is 13.3. The largest absolute Gasteiger partial charge is 0.495 e. The van der Waals surface area contributed by atoms with Gasteiger partial charge in [0.05, 0.1) is 24.1 Å². The predicted octanol–water partition coefficient (Wildman–Crippen LogP) is 2.93. The van der Waals surface area contributed by atoms with Gasteiger partial charge in [-0.2, -0.15) is 0 Å². The number of hydrogen-bond acceptors (Lipinski definition) is 5. The van der Waals surface area contributed by atoms with E-state index in [1.165, 1.54) is 37.3 Å². The summed E-state index contributed by atoms with van der Waals surface area (Å²) in [5.74, 6) is -0.594. The van der Waals surface area contributed by atoms with Gasteiger partial charge in [-0.1, -0.05) is 35.3 Å². The first-order valence-electron chi connectivity index (χ1n) is 9.54. The maximum atomic E-state index is 13.3. The van der Waals surface area contributed by atoms with Crippen LogP contribution >= 0.6 is 23.2 Å². The third-order valence-electron chi connectivity index (χ3n) is 4.76. The van der Waals surface area contributed by atoms with Gasteiger partial charge >= 0.3 is 0 Å². The summed E-state index contributed by atoms with van der Waals surface area (Å²) in [7, 11) is -0.951. The number of hydrogen-bond donors (Lipinski definition) is 1. The fraction of sp³-hybridized carbons (Fsp3) is 0.333. The molecule has 2 amide bonds. The fourth-order valence-electron chi connectivity index (χ4n) is 3.05. The van der Waals surface area contributed by atoms with Crippen molar-refractivity contribution in [3.8, 4) is 5.75 Å². The van der Waals surface area contributed by atoms with E-state index in [-0.39, 0.29) is 17.3 Å². The number of carbonyl (C=O) groups is 2. The van der Waals surface area contributed by atoms with Crippen LogP contribution < -0.4 is 14.4 Å². The highest BCUT2D eigenvalue weighted by molar-refractivity contribution is 7.92. The second kappa shape index (κ2) is 10.9. The van der Waals surface area contributed by atoms with E-state index in [9.17, 15) is 18.0 Å². The molecule has 174 valence electrons. The van der Waals surface area contributed by atoms with E-state index in [1.807, 2.05) is 0 Å². The number of nitrogens with zero attached hydrogens (tertiary/aromatic N) is 2. The minimum atomic E-state index is -3.85. The quantitative estimate of drug-likeness (QED) is 0.569. The standard InChI is InChI=1S/C21H25Cl2N3O5S/c1-14(21(28)24-2)25(12-15-6-5-7-16(22)10-15)20(27)13-26(32(4,29)30)17-8-9-19(31-3)18(23)11-17/h5-11,14H,12-13H2,1-4H3,(H,24,28)/t14-/m1/s1. The van der Waals surface area contributed by atoms with Crippen molar-refractivity contribution >= 4 is 50.7 Å². The van der Waals surface area contributed by atoms with Gasteiger partial charge in [-0.05, 0) is 42.8 Å². The Labute approximate surface area is 198 Å². The van der Waals surface area contributed by atoms with Gasteiger partial charge in [0.25, 0.3) is 0 Å². The molecule has 32 heavy (non-hydrogen) atoms. The van der Waals surface area contributed by atoms with Crippen LogP contribution in [0.3, 0.4) is 0 Å². The molecular formula is C21H25Cl2N3O5S. The van der Waals surface area contributed by atoms with E-state index >= 15 is 0 Å². The van der Waals surface area contributed by atoms with Crippen LogP contribution in [0.4, 0.5) is 5.69 Å². The van der Waals surface area contributed by atoms with E-state index in [2.05, 4.69) is 5.32 Å². The van der Waals surface area contributed by atoms with Gasteiger partial charge in [-0.15, -0.1) is 0 Å². The number of anilines is 1. The molecule has 0 aromatic heterocycles. The zero-order chi connectivity index (χ0) is 24.1. The Balaban J connectivity index is 2.41. The molecule has 0 fully saturated rings. The van der Waals surface area contributed by atoms with Gasteiger partial charge < -0.3 is 15.0 Å². The maximum Gasteiger partial charge on any atom is 0.244 e. The average molecular weight is 502 g/mol. The second-order valence-corrected chi connectivity index (χ2v) is 9.78. The van der Waals surface area contributed by atoms with E-state index in [1.54, 1.807) is 31.2 Å². The smallest absolute Gasteiger partial charge is 0.244 e. The van der Waals surface area contributed by atoms with Crippen LogP contribution in [0.2, 0.25) is 10.0 Å². The molecule has 8 nitrogen and oxygen atoms in total. The number of nitrogens with one attached hydrogen (secondary N) is 1. The van der Waals surface area contributed by atoms with E-state index in [4.69, 9.17) is 27.9 Å². The molecule has 2 aromatic carbocycles. The number of amides is 2. The van der Waals surface area contributed by atoms with Crippen molar-refractivity contribution in [3.05, 3.63) is 58.1 Å². The molecule has 2 rings (SSSR count). The highest BCUT2D eigenvalue weighted by atomic mass is 35.5. The van der Waals surface area contributed by atoms with Gasteiger partial charge in [-0.3, -0.25) is 13.9 Å². The third-order valence-corrected chi connectivity index (χ3v) is 6.43. The summed E-state index contributed by atoms with van der Waals surface area (Å²) in [6, 6.07) is 10.4. The van der Waals surface area contributed by atoms with Crippen molar-refractivity contribution in [2.75, 3.05) is 31.3 Å². The predicted molar refractivity (Wildman–Crippen MR) is 126 cm³/mol.